The third kappa shape index (κ3) is 4.21. The molecule has 2 aromatic carbocycles. The van der Waals surface area contributed by atoms with Gasteiger partial charge in [-0.25, -0.2) is 9.18 Å². The molecule has 1 aliphatic carbocycles. The normalized spacial score (nSPS) is 13.1. The summed E-state index contributed by atoms with van der Waals surface area (Å²) < 4.78 is 17.8. The molecule has 0 atom stereocenters. The van der Waals surface area contributed by atoms with Gasteiger partial charge in [0, 0.05) is 17.7 Å². The molecule has 0 spiro atoms. The van der Waals surface area contributed by atoms with Crippen molar-refractivity contribution in [3.8, 4) is 0 Å². The van der Waals surface area contributed by atoms with Crippen molar-refractivity contribution in [2.24, 2.45) is 0 Å². The molecule has 0 bridgehead atoms. The molecule has 1 fully saturated rings. The average Bonchev–Trinajstić information content (AvgIpc) is 3.44. The molecule has 26 heavy (non-hydrogen) atoms. The summed E-state index contributed by atoms with van der Waals surface area (Å²) in [5.74, 6) is -1.83. The number of ketones is 1. The van der Waals surface area contributed by atoms with Crippen LogP contribution >= 0.6 is 0 Å². The maximum atomic E-state index is 12.8. The average molecular weight is 358 g/mol. The van der Waals surface area contributed by atoms with E-state index in [1.54, 1.807) is 0 Å². The van der Waals surface area contributed by atoms with E-state index in [0.717, 1.165) is 31.0 Å². The Balaban J connectivity index is 1.67. The van der Waals surface area contributed by atoms with Gasteiger partial charge < -0.3 is 10.1 Å². The minimum atomic E-state index is -0.846. The van der Waals surface area contributed by atoms with Crippen molar-refractivity contribution < 1.29 is 23.6 Å². The summed E-state index contributed by atoms with van der Waals surface area (Å²) in [4.78, 5) is 34.6. The van der Waals surface area contributed by atoms with Gasteiger partial charge in [0.15, 0.2) is 12.4 Å². The van der Waals surface area contributed by atoms with Crippen molar-refractivity contribution in [1.29, 1.82) is 0 Å². The Morgan fingerprint density at radius 3 is 2.42 bits per heavy atom. The van der Waals surface area contributed by atoms with Crippen molar-refractivity contribution in [2.75, 3.05) is 11.9 Å². The zero-order chi connectivity index (χ0) is 18.7. The lowest BCUT2D eigenvalue weighted by Gasteiger charge is -2.08. The zero-order valence-electron chi connectivity index (χ0n) is 13.6. The number of nitrogens with one attached hydrogen (secondary N) is 1. The SMILES string of the molecule is O=C(COC(=O)c1ccc(NC2CC2)c([N+](=O)[O-])c1)c1ccc(F)cc1. The van der Waals surface area contributed by atoms with Crippen LogP contribution in [0.4, 0.5) is 15.8 Å². The standard InChI is InChI=1S/C18H15FN2O5/c19-13-4-1-11(2-5-13)17(22)10-26-18(23)12-3-8-15(20-14-6-7-14)16(9-12)21(24)25/h1-5,8-9,14,20H,6-7,10H2. The maximum absolute atomic E-state index is 12.8. The lowest BCUT2D eigenvalue weighted by atomic mass is 10.1. The smallest absolute Gasteiger partial charge is 0.338 e. The fraction of sp³-hybridized carbons (Fsp3) is 0.222. The first-order valence-electron chi connectivity index (χ1n) is 7.95. The lowest BCUT2D eigenvalue weighted by Crippen LogP contribution is -2.15. The second-order valence-electron chi connectivity index (χ2n) is 5.91. The van der Waals surface area contributed by atoms with E-state index in [2.05, 4.69) is 5.32 Å². The molecule has 2 aromatic rings. The van der Waals surface area contributed by atoms with Crippen molar-refractivity contribution >= 4 is 23.1 Å². The molecule has 3 rings (SSSR count). The second-order valence-corrected chi connectivity index (χ2v) is 5.91. The van der Waals surface area contributed by atoms with Gasteiger partial charge >= 0.3 is 5.97 Å². The molecule has 0 heterocycles. The molecule has 1 aliphatic rings. The van der Waals surface area contributed by atoms with Crippen LogP contribution in [0.25, 0.3) is 0 Å². The van der Waals surface area contributed by atoms with Gasteiger partial charge in [0.05, 0.1) is 10.5 Å². The first-order chi connectivity index (χ1) is 12.4. The largest absolute Gasteiger partial charge is 0.454 e. The van der Waals surface area contributed by atoms with Crippen LogP contribution in [0.3, 0.4) is 0 Å². The van der Waals surface area contributed by atoms with Gasteiger partial charge in [-0.15, -0.1) is 0 Å². The quantitative estimate of drug-likeness (QED) is 0.353. The number of nitro benzene ring substituents is 1. The molecule has 7 nitrogen and oxygen atoms in total. The summed E-state index contributed by atoms with van der Waals surface area (Å²) in [6, 6.07) is 9.03. The summed E-state index contributed by atoms with van der Waals surface area (Å²) in [7, 11) is 0. The lowest BCUT2D eigenvalue weighted by molar-refractivity contribution is -0.384. The molecule has 1 N–H and O–H groups in total. The predicted molar refractivity (Wildman–Crippen MR) is 90.8 cm³/mol. The maximum Gasteiger partial charge on any atom is 0.338 e. The van der Waals surface area contributed by atoms with Crippen molar-refractivity contribution in [2.45, 2.75) is 18.9 Å². The van der Waals surface area contributed by atoms with Gasteiger partial charge in [0.25, 0.3) is 5.69 Å². The van der Waals surface area contributed by atoms with E-state index < -0.39 is 29.1 Å². The number of nitrogens with zero attached hydrogens (tertiary/aromatic N) is 1. The number of hydrogen-bond donors (Lipinski definition) is 1. The first-order valence-corrected chi connectivity index (χ1v) is 7.95. The number of esters is 1. The predicted octanol–water partition coefficient (Wildman–Crippen LogP) is 3.35. The molecule has 0 radical (unpaired) electrons. The zero-order valence-corrected chi connectivity index (χ0v) is 13.6. The number of nitro groups is 1. The number of benzene rings is 2. The first kappa shape index (κ1) is 17.5. The Labute approximate surface area is 147 Å². The van der Waals surface area contributed by atoms with Gasteiger partial charge in [0.2, 0.25) is 0 Å². The number of rotatable bonds is 7. The van der Waals surface area contributed by atoms with E-state index in [9.17, 15) is 24.1 Å². The van der Waals surface area contributed by atoms with Crippen LogP contribution in [0.2, 0.25) is 0 Å². The van der Waals surface area contributed by atoms with E-state index in [1.807, 2.05) is 0 Å². The number of Topliss-reactive ketones (excluding diaryl/α,β-unsaturated/α-hetero) is 1. The molecule has 8 heteroatoms. The molecule has 0 aliphatic heterocycles. The van der Waals surface area contributed by atoms with Crippen LogP contribution in [-0.4, -0.2) is 29.3 Å². The number of ether oxygens (including phenoxy) is 1. The van der Waals surface area contributed by atoms with Crippen LogP contribution in [-0.2, 0) is 4.74 Å². The summed E-state index contributed by atoms with van der Waals surface area (Å²) >= 11 is 0. The molecule has 1 saturated carbocycles. The molecular weight excluding hydrogens is 343 g/mol. The highest BCUT2D eigenvalue weighted by Gasteiger charge is 2.26. The molecule has 0 aromatic heterocycles. The third-order valence-corrected chi connectivity index (χ3v) is 3.87. The van der Waals surface area contributed by atoms with Gasteiger partial charge in [-0.2, -0.15) is 0 Å². The van der Waals surface area contributed by atoms with Crippen molar-refractivity contribution in [3.63, 3.8) is 0 Å². The number of hydrogen-bond acceptors (Lipinski definition) is 6. The molecule has 0 unspecified atom stereocenters. The van der Waals surface area contributed by atoms with Gasteiger partial charge in [-0.05, 0) is 49.2 Å². The van der Waals surface area contributed by atoms with Crippen LogP contribution in [0.5, 0.6) is 0 Å². The minimum absolute atomic E-state index is 0.0232. The molecule has 0 saturated heterocycles. The number of carbonyl (C=O) groups excluding carboxylic acids is 2. The molecular formula is C18H15FN2O5. The highest BCUT2D eigenvalue weighted by atomic mass is 19.1. The Hall–Kier alpha value is -3.29. The second kappa shape index (κ2) is 7.30. The summed E-state index contributed by atoms with van der Waals surface area (Å²) in [6.45, 7) is -0.541. The van der Waals surface area contributed by atoms with Crippen LogP contribution in [0.15, 0.2) is 42.5 Å². The molecule has 0 amide bonds. The van der Waals surface area contributed by atoms with Crippen molar-refractivity contribution in [1.82, 2.24) is 0 Å². The topological polar surface area (TPSA) is 98.5 Å². The van der Waals surface area contributed by atoms with E-state index in [0.29, 0.717) is 5.69 Å². The van der Waals surface area contributed by atoms with Crippen LogP contribution in [0.1, 0.15) is 33.6 Å². The van der Waals surface area contributed by atoms with Gasteiger partial charge in [0.1, 0.15) is 11.5 Å². The monoisotopic (exact) mass is 358 g/mol. The highest BCUT2D eigenvalue weighted by Crippen LogP contribution is 2.31. The Bertz CT molecular complexity index is 862. The number of anilines is 1. The van der Waals surface area contributed by atoms with Crippen molar-refractivity contribution in [3.05, 3.63) is 69.5 Å². The minimum Gasteiger partial charge on any atom is -0.454 e. The number of carbonyl (C=O) groups is 2. The van der Waals surface area contributed by atoms with E-state index >= 15 is 0 Å². The fourth-order valence-corrected chi connectivity index (χ4v) is 2.31. The van der Waals surface area contributed by atoms with Crippen LogP contribution < -0.4 is 5.32 Å². The van der Waals surface area contributed by atoms with E-state index in [-0.39, 0.29) is 22.9 Å². The van der Waals surface area contributed by atoms with Gasteiger partial charge in [-0.1, -0.05) is 0 Å². The number of halogens is 1. The summed E-state index contributed by atoms with van der Waals surface area (Å²) in [5, 5.41) is 14.2. The highest BCUT2D eigenvalue weighted by molar-refractivity contribution is 5.99. The summed E-state index contributed by atoms with van der Waals surface area (Å²) in [5.41, 5.74) is 0.298. The van der Waals surface area contributed by atoms with Crippen LogP contribution in [0, 0.1) is 15.9 Å². The Morgan fingerprint density at radius 2 is 1.81 bits per heavy atom. The summed E-state index contributed by atoms with van der Waals surface area (Å²) in [6.07, 6.45) is 1.90. The van der Waals surface area contributed by atoms with E-state index in [1.165, 1.54) is 24.3 Å². The Kier molecular flexibility index (Phi) is 4.92. The fourth-order valence-electron chi connectivity index (χ4n) is 2.31. The Morgan fingerprint density at radius 1 is 1.15 bits per heavy atom. The molecule has 134 valence electrons. The third-order valence-electron chi connectivity index (χ3n) is 3.87. The van der Waals surface area contributed by atoms with Gasteiger partial charge in [-0.3, -0.25) is 14.9 Å². The van der Waals surface area contributed by atoms with E-state index in [4.69, 9.17) is 4.74 Å².